The first-order valence-electron chi connectivity index (χ1n) is 11.9. The average molecular weight is 527 g/mol. The number of unbranched alkanes of at least 4 members (excludes halogenated alkanes) is 4. The summed E-state index contributed by atoms with van der Waals surface area (Å²) in [6.07, 6.45) is 12.0. The van der Waals surface area contributed by atoms with Crippen molar-refractivity contribution in [1.29, 1.82) is 0 Å². The summed E-state index contributed by atoms with van der Waals surface area (Å²) >= 11 is 2.23. The molecule has 1 unspecified atom stereocenters. The molecule has 2 rings (SSSR count). The number of hydrogen-bond acceptors (Lipinski definition) is 2. The van der Waals surface area contributed by atoms with Gasteiger partial charge < -0.3 is 10.2 Å². The second kappa shape index (κ2) is 14.0. The number of amides is 2. The summed E-state index contributed by atoms with van der Waals surface area (Å²) in [6.45, 7) is 5.68. The Bertz CT molecular complexity index is 658. The maximum atomic E-state index is 13.7. The third-order valence-corrected chi connectivity index (χ3v) is 7.09. The average Bonchev–Trinajstić information content (AvgIpc) is 2.76. The van der Waals surface area contributed by atoms with Gasteiger partial charge in [-0.2, -0.15) is 0 Å². The van der Waals surface area contributed by atoms with Crippen molar-refractivity contribution in [1.82, 2.24) is 10.2 Å². The van der Waals surface area contributed by atoms with Gasteiger partial charge in [-0.25, -0.2) is 0 Å². The van der Waals surface area contributed by atoms with E-state index in [9.17, 15) is 9.59 Å². The second-order valence-electron chi connectivity index (χ2n) is 8.53. The zero-order chi connectivity index (χ0) is 21.8. The van der Waals surface area contributed by atoms with E-state index in [-0.39, 0.29) is 23.8 Å². The van der Waals surface area contributed by atoms with Gasteiger partial charge in [0, 0.05) is 16.7 Å². The Morgan fingerprint density at radius 1 is 1.03 bits per heavy atom. The summed E-state index contributed by atoms with van der Waals surface area (Å²) in [5.74, 6) is 0.319. The van der Waals surface area contributed by atoms with Gasteiger partial charge in [0.25, 0.3) is 5.91 Å². The lowest BCUT2D eigenvalue weighted by Gasteiger charge is -2.38. The minimum atomic E-state index is -0.354. The molecule has 1 saturated carbocycles. The summed E-state index contributed by atoms with van der Waals surface area (Å²) in [4.78, 5) is 29.0. The van der Waals surface area contributed by atoms with Crippen molar-refractivity contribution in [2.24, 2.45) is 5.92 Å². The molecular weight excluding hydrogens is 487 g/mol. The smallest absolute Gasteiger partial charge is 0.255 e. The zero-order valence-corrected chi connectivity index (χ0v) is 21.0. The van der Waals surface area contributed by atoms with Gasteiger partial charge in [-0.05, 0) is 66.3 Å². The van der Waals surface area contributed by atoms with Crippen LogP contribution in [0.3, 0.4) is 0 Å². The third kappa shape index (κ3) is 7.54. The van der Waals surface area contributed by atoms with Crippen LogP contribution in [0.15, 0.2) is 24.3 Å². The Balaban J connectivity index is 2.30. The van der Waals surface area contributed by atoms with E-state index in [0.29, 0.717) is 13.1 Å². The number of carbonyl (C=O) groups excluding carboxylic acids is 2. The highest BCUT2D eigenvalue weighted by atomic mass is 127. The van der Waals surface area contributed by atoms with Crippen LogP contribution < -0.4 is 5.32 Å². The SMILES string of the molecule is CCCCCCN(C(=O)c1ccccc1I)C(C(=O)NCCCC)C1CCCCC1. The predicted molar refractivity (Wildman–Crippen MR) is 133 cm³/mol. The van der Waals surface area contributed by atoms with E-state index in [1.54, 1.807) is 0 Å². The molecule has 1 aliphatic rings. The monoisotopic (exact) mass is 526 g/mol. The van der Waals surface area contributed by atoms with E-state index in [4.69, 9.17) is 0 Å². The minimum Gasteiger partial charge on any atom is -0.354 e. The van der Waals surface area contributed by atoms with Gasteiger partial charge in [0.15, 0.2) is 0 Å². The number of rotatable bonds is 12. The zero-order valence-electron chi connectivity index (χ0n) is 18.8. The first-order valence-corrected chi connectivity index (χ1v) is 13.0. The van der Waals surface area contributed by atoms with E-state index >= 15 is 0 Å². The summed E-state index contributed by atoms with van der Waals surface area (Å²) in [6, 6.07) is 7.39. The fourth-order valence-electron chi connectivity index (χ4n) is 4.42. The molecule has 1 aromatic carbocycles. The van der Waals surface area contributed by atoms with Crippen LogP contribution >= 0.6 is 22.6 Å². The highest BCUT2D eigenvalue weighted by Gasteiger charge is 2.37. The maximum absolute atomic E-state index is 13.7. The standard InChI is InChI=1S/C25H39IN2O2/c1-3-5-7-13-19-28(25(30)21-16-11-12-17-22(21)26)23(20-14-9-8-10-15-20)24(29)27-18-6-4-2/h11-12,16-17,20,23H,3-10,13-15,18-19H2,1-2H3,(H,27,29). The molecule has 0 spiro atoms. The largest absolute Gasteiger partial charge is 0.354 e. The van der Waals surface area contributed by atoms with E-state index in [2.05, 4.69) is 41.8 Å². The van der Waals surface area contributed by atoms with Gasteiger partial charge in [0.1, 0.15) is 6.04 Å². The van der Waals surface area contributed by atoms with Crippen LogP contribution in [-0.2, 0) is 4.79 Å². The molecule has 168 valence electrons. The summed E-state index contributed by atoms with van der Waals surface area (Å²) in [7, 11) is 0. The van der Waals surface area contributed by atoms with Crippen LogP contribution in [0.1, 0.15) is 94.8 Å². The number of halogens is 1. The van der Waals surface area contributed by atoms with Crippen LogP contribution in [-0.4, -0.2) is 35.8 Å². The number of carbonyl (C=O) groups is 2. The number of hydrogen-bond donors (Lipinski definition) is 1. The normalized spacial score (nSPS) is 15.6. The van der Waals surface area contributed by atoms with Gasteiger partial charge in [0.05, 0.1) is 5.56 Å². The molecule has 4 nitrogen and oxygen atoms in total. The van der Waals surface area contributed by atoms with Gasteiger partial charge in [-0.3, -0.25) is 9.59 Å². The number of nitrogens with zero attached hydrogens (tertiary/aromatic N) is 1. The van der Waals surface area contributed by atoms with Crippen LogP contribution in [0.2, 0.25) is 0 Å². The molecule has 1 fully saturated rings. The van der Waals surface area contributed by atoms with Crippen molar-refractivity contribution in [2.45, 2.75) is 90.5 Å². The third-order valence-electron chi connectivity index (χ3n) is 6.15. The number of nitrogens with one attached hydrogen (secondary N) is 1. The van der Waals surface area contributed by atoms with E-state index < -0.39 is 0 Å². The Kier molecular flexibility index (Phi) is 11.8. The van der Waals surface area contributed by atoms with Crippen molar-refractivity contribution in [2.75, 3.05) is 13.1 Å². The van der Waals surface area contributed by atoms with Crippen molar-refractivity contribution in [3.8, 4) is 0 Å². The van der Waals surface area contributed by atoms with E-state index in [0.717, 1.165) is 66.9 Å². The Hall–Kier alpha value is -1.11. The summed E-state index contributed by atoms with van der Waals surface area (Å²) < 4.78 is 0.951. The Morgan fingerprint density at radius 2 is 1.73 bits per heavy atom. The fourth-order valence-corrected chi connectivity index (χ4v) is 5.04. The molecule has 0 aromatic heterocycles. The van der Waals surface area contributed by atoms with Crippen LogP contribution in [0.25, 0.3) is 0 Å². The first kappa shape index (κ1) is 25.2. The molecule has 0 bridgehead atoms. The van der Waals surface area contributed by atoms with Crippen molar-refractivity contribution in [3.05, 3.63) is 33.4 Å². The molecule has 1 aliphatic carbocycles. The van der Waals surface area contributed by atoms with Crippen molar-refractivity contribution >= 4 is 34.4 Å². The predicted octanol–water partition coefficient (Wildman–Crippen LogP) is 6.18. The van der Waals surface area contributed by atoms with Gasteiger partial charge in [-0.15, -0.1) is 0 Å². The molecule has 0 radical (unpaired) electrons. The minimum absolute atomic E-state index is 0.0118. The van der Waals surface area contributed by atoms with E-state index in [1.807, 2.05) is 29.2 Å². The lowest BCUT2D eigenvalue weighted by molar-refractivity contribution is -0.128. The summed E-state index contributed by atoms with van der Waals surface area (Å²) in [5.41, 5.74) is 0.718. The fraction of sp³-hybridized carbons (Fsp3) is 0.680. The molecule has 2 amide bonds. The van der Waals surface area contributed by atoms with Gasteiger partial charge in [0.2, 0.25) is 5.91 Å². The molecule has 0 aliphatic heterocycles. The highest BCUT2D eigenvalue weighted by Crippen LogP contribution is 2.31. The van der Waals surface area contributed by atoms with Crippen molar-refractivity contribution in [3.63, 3.8) is 0 Å². The molecule has 1 atom stereocenters. The lowest BCUT2D eigenvalue weighted by atomic mass is 9.82. The molecule has 1 N–H and O–H groups in total. The molecule has 0 saturated heterocycles. The molecular formula is C25H39IN2O2. The van der Waals surface area contributed by atoms with Gasteiger partial charge in [-0.1, -0.05) is 70.9 Å². The van der Waals surface area contributed by atoms with Crippen LogP contribution in [0, 0.1) is 9.49 Å². The topological polar surface area (TPSA) is 49.4 Å². The molecule has 30 heavy (non-hydrogen) atoms. The number of benzene rings is 1. The molecule has 5 heteroatoms. The Labute approximate surface area is 196 Å². The first-order chi connectivity index (χ1) is 14.6. The second-order valence-corrected chi connectivity index (χ2v) is 9.69. The van der Waals surface area contributed by atoms with Crippen molar-refractivity contribution < 1.29 is 9.59 Å². The highest BCUT2D eigenvalue weighted by molar-refractivity contribution is 14.1. The Morgan fingerprint density at radius 3 is 2.40 bits per heavy atom. The lowest BCUT2D eigenvalue weighted by Crippen LogP contribution is -2.54. The van der Waals surface area contributed by atoms with Crippen LogP contribution in [0.4, 0.5) is 0 Å². The van der Waals surface area contributed by atoms with Gasteiger partial charge >= 0.3 is 0 Å². The molecule has 1 aromatic rings. The molecule has 0 heterocycles. The quantitative estimate of drug-likeness (QED) is 0.261. The summed E-state index contributed by atoms with van der Waals surface area (Å²) in [5, 5.41) is 3.15. The van der Waals surface area contributed by atoms with Crippen LogP contribution in [0.5, 0.6) is 0 Å². The van der Waals surface area contributed by atoms with E-state index in [1.165, 1.54) is 12.8 Å². The maximum Gasteiger partial charge on any atom is 0.255 e.